The van der Waals surface area contributed by atoms with E-state index in [-0.39, 0.29) is 11.8 Å². The number of alkyl halides is 3. The summed E-state index contributed by atoms with van der Waals surface area (Å²) in [6, 6.07) is 11.2. The molecule has 0 saturated carbocycles. The molecule has 4 rings (SSSR count). The molecule has 1 fully saturated rings. The third-order valence-electron chi connectivity index (χ3n) is 4.95. The summed E-state index contributed by atoms with van der Waals surface area (Å²) in [5.74, 6) is -0.863. The molecule has 7 nitrogen and oxygen atoms in total. The summed E-state index contributed by atoms with van der Waals surface area (Å²) in [7, 11) is -4.40. The molecule has 0 amide bonds. The average Bonchev–Trinajstić information content (AvgIpc) is 2.79. The molecule has 12 heteroatoms. The summed E-state index contributed by atoms with van der Waals surface area (Å²) in [5, 5.41) is 8.40. The van der Waals surface area contributed by atoms with E-state index in [2.05, 4.69) is 14.9 Å². The van der Waals surface area contributed by atoms with Gasteiger partial charge in [-0.15, -0.1) is 10.2 Å². The average molecular weight is 482 g/mol. The van der Waals surface area contributed by atoms with Crippen LogP contribution < -0.4 is 9.62 Å². The van der Waals surface area contributed by atoms with Crippen molar-refractivity contribution in [2.45, 2.75) is 11.1 Å². The van der Waals surface area contributed by atoms with Crippen LogP contribution in [-0.2, 0) is 20.9 Å². The number of sulfonamides is 1. The van der Waals surface area contributed by atoms with Crippen molar-refractivity contribution in [1.82, 2.24) is 10.2 Å². The maximum atomic E-state index is 13.5. The van der Waals surface area contributed by atoms with E-state index in [0.717, 1.165) is 6.07 Å². The maximum Gasteiger partial charge on any atom is 0.419 e. The van der Waals surface area contributed by atoms with Crippen LogP contribution in [0.1, 0.15) is 5.56 Å². The SMILES string of the molecule is O=S(=O)(Nc1cccc(-c2ccc(N3CCOCC3)nn2)c1)c1ccc(F)c(C(F)(F)F)c1. The predicted octanol–water partition coefficient (Wildman–Crippen LogP) is 3.94. The Hall–Kier alpha value is -3.25. The minimum absolute atomic E-state index is 0.101. The van der Waals surface area contributed by atoms with Crippen molar-refractivity contribution in [2.75, 3.05) is 35.9 Å². The van der Waals surface area contributed by atoms with Crippen molar-refractivity contribution in [2.24, 2.45) is 0 Å². The number of hydrogen-bond acceptors (Lipinski definition) is 6. The molecule has 0 bridgehead atoms. The van der Waals surface area contributed by atoms with Crippen LogP contribution in [-0.4, -0.2) is 44.9 Å². The molecule has 174 valence electrons. The van der Waals surface area contributed by atoms with Gasteiger partial charge in [0.1, 0.15) is 5.82 Å². The molecule has 0 radical (unpaired) electrons. The molecule has 0 spiro atoms. The Morgan fingerprint density at radius 2 is 1.73 bits per heavy atom. The number of morpholine rings is 1. The summed E-state index contributed by atoms with van der Waals surface area (Å²) >= 11 is 0. The first-order valence-electron chi connectivity index (χ1n) is 9.80. The lowest BCUT2D eigenvalue weighted by molar-refractivity contribution is -0.140. The molecule has 33 heavy (non-hydrogen) atoms. The summed E-state index contributed by atoms with van der Waals surface area (Å²) < 4.78 is 85.1. The number of nitrogens with one attached hydrogen (secondary N) is 1. The van der Waals surface area contributed by atoms with E-state index in [4.69, 9.17) is 4.74 Å². The summed E-state index contributed by atoms with van der Waals surface area (Å²) in [4.78, 5) is 1.32. The van der Waals surface area contributed by atoms with E-state index in [9.17, 15) is 26.0 Å². The minimum Gasteiger partial charge on any atom is -0.378 e. The van der Waals surface area contributed by atoms with Gasteiger partial charge in [0.2, 0.25) is 0 Å². The van der Waals surface area contributed by atoms with Crippen LogP contribution in [0.4, 0.5) is 29.1 Å². The highest BCUT2D eigenvalue weighted by atomic mass is 32.2. The zero-order valence-electron chi connectivity index (χ0n) is 17.0. The zero-order valence-corrected chi connectivity index (χ0v) is 17.8. The first-order valence-corrected chi connectivity index (χ1v) is 11.3. The van der Waals surface area contributed by atoms with Gasteiger partial charge in [0, 0.05) is 24.3 Å². The Morgan fingerprint density at radius 3 is 2.39 bits per heavy atom. The van der Waals surface area contributed by atoms with Crippen molar-refractivity contribution in [3.8, 4) is 11.3 Å². The summed E-state index contributed by atoms with van der Waals surface area (Å²) in [6.07, 6.45) is -5.03. The number of benzene rings is 2. The second-order valence-electron chi connectivity index (χ2n) is 7.20. The number of nitrogens with zero attached hydrogens (tertiary/aromatic N) is 3. The highest BCUT2D eigenvalue weighted by Gasteiger charge is 2.35. The molecule has 1 N–H and O–H groups in total. The van der Waals surface area contributed by atoms with Crippen LogP contribution in [0.5, 0.6) is 0 Å². The Bertz CT molecular complexity index is 1250. The van der Waals surface area contributed by atoms with Gasteiger partial charge in [-0.1, -0.05) is 12.1 Å². The van der Waals surface area contributed by atoms with Gasteiger partial charge in [0.25, 0.3) is 10.0 Å². The Morgan fingerprint density at radius 1 is 0.970 bits per heavy atom. The highest BCUT2D eigenvalue weighted by molar-refractivity contribution is 7.92. The van der Waals surface area contributed by atoms with Gasteiger partial charge in [-0.2, -0.15) is 13.2 Å². The number of halogens is 4. The monoisotopic (exact) mass is 482 g/mol. The third-order valence-corrected chi connectivity index (χ3v) is 6.33. The highest BCUT2D eigenvalue weighted by Crippen LogP contribution is 2.33. The second-order valence-corrected chi connectivity index (χ2v) is 8.88. The fourth-order valence-corrected chi connectivity index (χ4v) is 4.36. The van der Waals surface area contributed by atoms with Crippen LogP contribution in [0.15, 0.2) is 59.5 Å². The van der Waals surface area contributed by atoms with E-state index in [0.29, 0.717) is 49.4 Å². The van der Waals surface area contributed by atoms with Crippen LogP contribution in [0, 0.1) is 5.82 Å². The van der Waals surface area contributed by atoms with Gasteiger partial charge in [-0.3, -0.25) is 4.72 Å². The molecule has 0 aliphatic carbocycles. The van der Waals surface area contributed by atoms with Gasteiger partial charge < -0.3 is 9.64 Å². The van der Waals surface area contributed by atoms with E-state index in [1.807, 2.05) is 4.90 Å². The lowest BCUT2D eigenvalue weighted by Crippen LogP contribution is -2.36. The molecule has 2 heterocycles. The van der Waals surface area contributed by atoms with Crippen LogP contribution in [0.25, 0.3) is 11.3 Å². The Balaban J connectivity index is 1.56. The fraction of sp³-hybridized carbons (Fsp3) is 0.238. The van der Waals surface area contributed by atoms with Crippen molar-refractivity contribution >= 4 is 21.5 Å². The van der Waals surface area contributed by atoms with E-state index < -0.39 is 32.5 Å². The maximum absolute atomic E-state index is 13.5. The molecule has 1 aliphatic rings. The van der Waals surface area contributed by atoms with Gasteiger partial charge >= 0.3 is 6.18 Å². The largest absolute Gasteiger partial charge is 0.419 e. The van der Waals surface area contributed by atoms with Crippen molar-refractivity contribution in [1.29, 1.82) is 0 Å². The number of hydrogen-bond donors (Lipinski definition) is 1. The quantitative estimate of drug-likeness (QED) is 0.555. The smallest absolute Gasteiger partial charge is 0.378 e. The van der Waals surface area contributed by atoms with Gasteiger partial charge in [-0.05, 0) is 42.5 Å². The molecule has 0 atom stereocenters. The number of aromatic nitrogens is 2. The van der Waals surface area contributed by atoms with Gasteiger partial charge in [-0.25, -0.2) is 12.8 Å². The van der Waals surface area contributed by atoms with Crippen LogP contribution in [0.3, 0.4) is 0 Å². The Labute approximate surface area is 187 Å². The van der Waals surface area contributed by atoms with Crippen molar-refractivity contribution in [3.63, 3.8) is 0 Å². The molecule has 1 aliphatic heterocycles. The van der Waals surface area contributed by atoms with Crippen molar-refractivity contribution < 1.29 is 30.7 Å². The summed E-state index contributed by atoms with van der Waals surface area (Å²) in [6.45, 7) is 2.60. The zero-order chi connectivity index (χ0) is 23.6. The number of rotatable bonds is 5. The second kappa shape index (κ2) is 8.94. The summed E-state index contributed by atoms with van der Waals surface area (Å²) in [5.41, 5.74) is -0.528. The normalized spacial score (nSPS) is 14.8. The topological polar surface area (TPSA) is 84.4 Å². The predicted molar refractivity (Wildman–Crippen MR) is 113 cm³/mol. The fourth-order valence-electron chi connectivity index (χ4n) is 3.29. The first-order chi connectivity index (χ1) is 15.6. The number of ether oxygens (including phenoxy) is 1. The van der Waals surface area contributed by atoms with Gasteiger partial charge in [0.05, 0.1) is 29.4 Å². The minimum atomic E-state index is -5.03. The standard InChI is InChI=1S/C21H18F4N4O3S/c22-18-5-4-16(13-17(18)21(23,24)25)33(30,31)28-15-3-1-2-14(12-15)19-6-7-20(27-26-19)29-8-10-32-11-9-29/h1-7,12-13,28H,8-11H2. The lowest BCUT2D eigenvalue weighted by Gasteiger charge is -2.27. The first kappa shape index (κ1) is 22.9. The van der Waals surface area contributed by atoms with E-state index in [1.54, 1.807) is 24.3 Å². The molecule has 0 unspecified atom stereocenters. The molecule has 2 aromatic carbocycles. The lowest BCUT2D eigenvalue weighted by atomic mass is 10.1. The Kier molecular flexibility index (Phi) is 6.21. The van der Waals surface area contributed by atoms with E-state index >= 15 is 0 Å². The van der Waals surface area contributed by atoms with E-state index in [1.165, 1.54) is 12.1 Å². The molecule has 1 saturated heterocycles. The molecule has 1 aromatic heterocycles. The van der Waals surface area contributed by atoms with Crippen LogP contribution in [0.2, 0.25) is 0 Å². The van der Waals surface area contributed by atoms with Gasteiger partial charge in [0.15, 0.2) is 5.82 Å². The van der Waals surface area contributed by atoms with Crippen LogP contribution >= 0.6 is 0 Å². The molecule has 3 aromatic rings. The molecular weight excluding hydrogens is 464 g/mol. The molecular formula is C21H18F4N4O3S. The number of anilines is 2. The van der Waals surface area contributed by atoms with Crippen molar-refractivity contribution in [3.05, 3.63) is 66.0 Å². The third kappa shape index (κ3) is 5.22.